The number of benzene rings is 3. The lowest BCUT2D eigenvalue weighted by Gasteiger charge is -2.18. The molecule has 0 aliphatic carbocycles. The summed E-state index contributed by atoms with van der Waals surface area (Å²) < 4.78 is 7.53. The molecule has 0 N–H and O–H groups in total. The zero-order valence-corrected chi connectivity index (χ0v) is 19.4. The van der Waals surface area contributed by atoms with Gasteiger partial charge in [-0.15, -0.1) is 0 Å². The topological polar surface area (TPSA) is 59.7 Å². The number of nitrogens with zero attached hydrogens (tertiary/aromatic N) is 4. The van der Waals surface area contributed by atoms with E-state index < -0.39 is 0 Å². The molecule has 6 heteroatoms. The number of para-hydroxylation sites is 1. The summed E-state index contributed by atoms with van der Waals surface area (Å²) in [5.74, 6) is 1.22. The Kier molecular flexibility index (Phi) is 6.54. The number of aromatic nitrogens is 2. The van der Waals surface area contributed by atoms with Crippen molar-refractivity contribution >= 4 is 22.8 Å². The lowest BCUT2D eigenvalue weighted by Crippen LogP contribution is -2.20. The molecule has 4 rings (SSSR count). The molecule has 1 aromatic heterocycles. The van der Waals surface area contributed by atoms with Gasteiger partial charge in [0.15, 0.2) is 5.82 Å². The first-order chi connectivity index (χ1) is 16.0. The third-order valence-corrected chi connectivity index (χ3v) is 5.51. The number of hydrogen-bond acceptors (Lipinski definition) is 5. The van der Waals surface area contributed by atoms with Crippen LogP contribution in [0, 0.1) is 0 Å². The monoisotopic (exact) mass is 440 g/mol. The zero-order chi connectivity index (χ0) is 23.4. The Hall–Kier alpha value is -3.93. The molecule has 0 saturated carbocycles. The first kappa shape index (κ1) is 22.3. The SMILES string of the molecule is CC[C@@H](C)Oc1cc(N(C)C)ccc1C=Nn1c(-c2ccccc2)nc2ccccc2c1=O. The van der Waals surface area contributed by atoms with E-state index in [9.17, 15) is 4.79 Å². The Morgan fingerprint density at radius 2 is 1.79 bits per heavy atom. The van der Waals surface area contributed by atoms with Crippen LogP contribution >= 0.6 is 0 Å². The van der Waals surface area contributed by atoms with Gasteiger partial charge in [0, 0.05) is 37.0 Å². The Morgan fingerprint density at radius 3 is 2.52 bits per heavy atom. The molecule has 0 saturated heterocycles. The van der Waals surface area contributed by atoms with Crippen molar-refractivity contribution in [3.05, 3.63) is 88.7 Å². The van der Waals surface area contributed by atoms with Crippen molar-refractivity contribution in [2.75, 3.05) is 19.0 Å². The predicted molar refractivity (Wildman–Crippen MR) is 136 cm³/mol. The van der Waals surface area contributed by atoms with Gasteiger partial charge in [0.05, 0.1) is 23.2 Å². The minimum atomic E-state index is -0.218. The van der Waals surface area contributed by atoms with E-state index in [1.165, 1.54) is 4.68 Å². The average Bonchev–Trinajstić information content (AvgIpc) is 2.84. The van der Waals surface area contributed by atoms with Crippen LogP contribution in [-0.4, -0.2) is 36.1 Å². The van der Waals surface area contributed by atoms with E-state index in [-0.39, 0.29) is 11.7 Å². The van der Waals surface area contributed by atoms with Crippen molar-refractivity contribution in [1.29, 1.82) is 0 Å². The normalized spacial score (nSPS) is 12.2. The summed E-state index contributed by atoms with van der Waals surface area (Å²) in [5, 5.41) is 5.12. The highest BCUT2D eigenvalue weighted by Crippen LogP contribution is 2.26. The van der Waals surface area contributed by atoms with Gasteiger partial charge in [0.1, 0.15) is 5.75 Å². The molecule has 0 aliphatic rings. The molecule has 0 bridgehead atoms. The molecule has 0 radical (unpaired) electrons. The van der Waals surface area contributed by atoms with E-state index >= 15 is 0 Å². The van der Waals surface area contributed by atoms with Gasteiger partial charge < -0.3 is 9.64 Å². The van der Waals surface area contributed by atoms with Gasteiger partial charge >= 0.3 is 0 Å². The minimum absolute atomic E-state index is 0.0551. The second-order valence-electron chi connectivity index (χ2n) is 8.13. The summed E-state index contributed by atoms with van der Waals surface area (Å²) in [4.78, 5) is 20.1. The summed E-state index contributed by atoms with van der Waals surface area (Å²) in [6.07, 6.45) is 2.61. The number of ether oxygens (including phenoxy) is 1. The van der Waals surface area contributed by atoms with Crippen LogP contribution in [0.25, 0.3) is 22.3 Å². The van der Waals surface area contributed by atoms with Crippen LogP contribution < -0.4 is 15.2 Å². The summed E-state index contributed by atoms with van der Waals surface area (Å²) in [5.41, 5.74) is 3.06. The Balaban J connectivity index is 1.86. The molecule has 168 valence electrons. The quantitative estimate of drug-likeness (QED) is 0.371. The summed E-state index contributed by atoms with van der Waals surface area (Å²) in [7, 11) is 3.98. The average molecular weight is 441 g/mol. The molecule has 0 unspecified atom stereocenters. The van der Waals surface area contributed by atoms with Crippen LogP contribution in [0.15, 0.2) is 82.7 Å². The summed E-state index contributed by atoms with van der Waals surface area (Å²) in [6, 6.07) is 22.9. The number of anilines is 1. The van der Waals surface area contributed by atoms with Crippen LogP contribution in [0.4, 0.5) is 5.69 Å². The van der Waals surface area contributed by atoms with Crippen LogP contribution in [0.3, 0.4) is 0 Å². The first-order valence-corrected chi connectivity index (χ1v) is 11.1. The fraction of sp³-hybridized carbons (Fsp3) is 0.222. The molecule has 4 aromatic rings. The molecule has 33 heavy (non-hydrogen) atoms. The van der Waals surface area contributed by atoms with Gasteiger partial charge in [0.25, 0.3) is 5.56 Å². The van der Waals surface area contributed by atoms with Gasteiger partial charge in [-0.1, -0.05) is 49.4 Å². The molecule has 3 aromatic carbocycles. The maximum atomic E-state index is 13.4. The van der Waals surface area contributed by atoms with Crippen molar-refractivity contribution in [2.45, 2.75) is 26.4 Å². The third-order valence-electron chi connectivity index (χ3n) is 5.51. The molecule has 6 nitrogen and oxygen atoms in total. The van der Waals surface area contributed by atoms with Crippen LogP contribution in [0.1, 0.15) is 25.8 Å². The van der Waals surface area contributed by atoms with Crippen molar-refractivity contribution in [1.82, 2.24) is 9.66 Å². The van der Waals surface area contributed by atoms with Crippen LogP contribution in [-0.2, 0) is 0 Å². The zero-order valence-electron chi connectivity index (χ0n) is 19.4. The molecular formula is C27H28N4O2. The number of hydrogen-bond donors (Lipinski definition) is 0. The molecule has 0 fully saturated rings. The van der Waals surface area contributed by atoms with E-state index in [0.717, 1.165) is 29.0 Å². The fourth-order valence-corrected chi connectivity index (χ4v) is 3.43. The standard InChI is InChI=1S/C27H28N4O2/c1-5-19(2)33-25-17-22(30(3)4)16-15-21(25)18-28-31-26(20-11-7-6-8-12-20)29-24-14-10-9-13-23(24)27(31)32/h6-19H,5H2,1-4H3/t19-/m1/s1. The van der Waals surface area contributed by atoms with Gasteiger partial charge in [-0.25, -0.2) is 4.98 Å². The Morgan fingerprint density at radius 1 is 1.06 bits per heavy atom. The van der Waals surface area contributed by atoms with E-state index in [0.29, 0.717) is 16.7 Å². The molecule has 0 amide bonds. The molecular weight excluding hydrogens is 412 g/mol. The minimum Gasteiger partial charge on any atom is -0.490 e. The third kappa shape index (κ3) is 4.80. The second kappa shape index (κ2) is 9.69. The lowest BCUT2D eigenvalue weighted by atomic mass is 10.1. The summed E-state index contributed by atoms with van der Waals surface area (Å²) >= 11 is 0. The summed E-state index contributed by atoms with van der Waals surface area (Å²) in [6.45, 7) is 4.12. The van der Waals surface area contributed by atoms with Crippen LogP contribution in [0.5, 0.6) is 5.75 Å². The molecule has 1 atom stereocenters. The Bertz CT molecular complexity index is 1340. The van der Waals surface area contributed by atoms with Crippen molar-refractivity contribution in [3.63, 3.8) is 0 Å². The van der Waals surface area contributed by atoms with E-state index in [1.807, 2.05) is 92.6 Å². The predicted octanol–water partition coefficient (Wildman–Crippen LogP) is 5.19. The first-order valence-electron chi connectivity index (χ1n) is 11.1. The van der Waals surface area contributed by atoms with Gasteiger partial charge in [-0.05, 0) is 37.6 Å². The van der Waals surface area contributed by atoms with Crippen LogP contribution in [0.2, 0.25) is 0 Å². The molecule has 1 heterocycles. The maximum Gasteiger partial charge on any atom is 0.282 e. The van der Waals surface area contributed by atoms with E-state index in [4.69, 9.17) is 9.72 Å². The van der Waals surface area contributed by atoms with Gasteiger partial charge in [-0.3, -0.25) is 4.79 Å². The number of rotatable bonds is 7. The van der Waals surface area contributed by atoms with Crippen molar-refractivity contribution in [3.8, 4) is 17.1 Å². The maximum absolute atomic E-state index is 13.4. The highest BCUT2D eigenvalue weighted by atomic mass is 16.5. The smallest absolute Gasteiger partial charge is 0.282 e. The van der Waals surface area contributed by atoms with Crippen molar-refractivity contribution < 1.29 is 4.74 Å². The van der Waals surface area contributed by atoms with Gasteiger partial charge in [0.2, 0.25) is 0 Å². The lowest BCUT2D eigenvalue weighted by molar-refractivity contribution is 0.217. The second-order valence-corrected chi connectivity index (χ2v) is 8.13. The fourth-order valence-electron chi connectivity index (χ4n) is 3.43. The van der Waals surface area contributed by atoms with E-state index in [1.54, 1.807) is 12.3 Å². The number of fused-ring (bicyclic) bond motifs is 1. The van der Waals surface area contributed by atoms with Gasteiger partial charge in [-0.2, -0.15) is 9.78 Å². The molecule has 0 spiro atoms. The highest BCUT2D eigenvalue weighted by molar-refractivity contribution is 5.85. The largest absolute Gasteiger partial charge is 0.490 e. The molecule has 0 aliphatic heterocycles. The van der Waals surface area contributed by atoms with E-state index in [2.05, 4.69) is 12.0 Å². The van der Waals surface area contributed by atoms with Crippen molar-refractivity contribution in [2.24, 2.45) is 5.10 Å². The highest BCUT2D eigenvalue weighted by Gasteiger charge is 2.13. The Labute approximate surface area is 193 Å².